The lowest BCUT2D eigenvalue weighted by Gasteiger charge is -2.35. The third kappa shape index (κ3) is 13.5. The molecule has 0 saturated carbocycles. The van der Waals surface area contributed by atoms with Crippen molar-refractivity contribution >= 4 is 40.9 Å². The summed E-state index contributed by atoms with van der Waals surface area (Å²) in [7, 11) is 0. The number of nitrogens with one attached hydrogen (secondary N) is 3. The zero-order valence-corrected chi connectivity index (χ0v) is 35.1. The Hall–Kier alpha value is -4.66. The van der Waals surface area contributed by atoms with Crippen LogP contribution in [-0.2, 0) is 41.7 Å². The van der Waals surface area contributed by atoms with Gasteiger partial charge in [0, 0.05) is 32.7 Å². The van der Waals surface area contributed by atoms with Crippen LogP contribution in [0.15, 0.2) is 54.0 Å². The van der Waals surface area contributed by atoms with Crippen LogP contribution < -0.4 is 21.7 Å². The van der Waals surface area contributed by atoms with Gasteiger partial charge >= 0.3 is 0 Å². The number of unbranched alkanes of at least 4 members (excludes halogenated alkanes) is 1. The van der Waals surface area contributed by atoms with Gasteiger partial charge in [-0.15, -0.1) is 11.3 Å². The normalized spacial score (nSPS) is 17.6. The van der Waals surface area contributed by atoms with Crippen LogP contribution >= 0.6 is 11.3 Å². The van der Waals surface area contributed by atoms with E-state index in [4.69, 9.17) is 10.5 Å². The van der Waals surface area contributed by atoms with Crippen molar-refractivity contribution in [3.05, 3.63) is 76.4 Å². The van der Waals surface area contributed by atoms with E-state index in [0.29, 0.717) is 19.4 Å². The minimum absolute atomic E-state index is 0.00907. The first-order valence-electron chi connectivity index (χ1n) is 19.8. The molecule has 310 valence electrons. The van der Waals surface area contributed by atoms with E-state index < -0.39 is 29.5 Å². The zero-order chi connectivity index (χ0) is 41.9. The van der Waals surface area contributed by atoms with Gasteiger partial charge in [0.25, 0.3) is 0 Å². The van der Waals surface area contributed by atoms with Gasteiger partial charge in [0.1, 0.15) is 12.1 Å². The molecule has 0 unspecified atom stereocenters. The van der Waals surface area contributed by atoms with Gasteiger partial charge in [0.15, 0.2) is 0 Å². The number of nitrogens with zero attached hydrogens (tertiary/aromatic N) is 2. The quantitative estimate of drug-likeness (QED) is 0.106. The van der Waals surface area contributed by atoms with Gasteiger partial charge < -0.3 is 36.4 Å². The van der Waals surface area contributed by atoms with Crippen molar-refractivity contribution in [1.29, 1.82) is 0 Å². The second-order valence-electron chi connectivity index (χ2n) is 16.2. The molecule has 0 aliphatic carbocycles. The van der Waals surface area contributed by atoms with E-state index in [-0.39, 0.29) is 67.6 Å². The number of thiazole rings is 1. The standard InChI is InChI=1S/C43H60N6O7S/c1-26(32-16-18-33(19-17-32)39-27(2)45-25-57-39)46-41(54)36-22-34(51)23-49(36)42(55)40(43(5,6)7)48-38(53)11-9-8-10-30-12-14-31(15-13-30)24-56-28(3)35(47-29(4)50)20-21-37(44)52/h12-19,25-26,28,34-36,40,51H,8-11,20-24H2,1-7H3,(H2,44,52)(H,46,54)(H,47,50)(H,48,53)/t26-,28+,34+,35-,36-,40+/m0/s1. The summed E-state index contributed by atoms with van der Waals surface area (Å²) in [6.45, 7) is 13.1. The fourth-order valence-corrected chi connectivity index (χ4v) is 7.80. The number of carbonyl (C=O) groups is 5. The van der Waals surface area contributed by atoms with E-state index in [9.17, 15) is 29.1 Å². The smallest absolute Gasteiger partial charge is 0.246 e. The van der Waals surface area contributed by atoms with Gasteiger partial charge in [0.2, 0.25) is 29.5 Å². The highest BCUT2D eigenvalue weighted by atomic mass is 32.1. The number of aromatic nitrogens is 1. The Morgan fingerprint density at radius 2 is 1.63 bits per heavy atom. The number of hydrogen-bond acceptors (Lipinski definition) is 9. The maximum absolute atomic E-state index is 14.1. The van der Waals surface area contributed by atoms with Crippen molar-refractivity contribution in [3.8, 4) is 10.4 Å². The topological polar surface area (TPSA) is 193 Å². The SMILES string of the molecule is CC(=O)N[C@@H](CCC(N)=O)[C@@H](C)OCc1ccc(CCCCC(=O)N[C@H](C(=O)N2C[C@H](O)C[C@H]2C(=O)N[C@@H](C)c2ccc(-c3scnc3C)cc2)C(C)(C)C)cc1. The summed E-state index contributed by atoms with van der Waals surface area (Å²) in [5.74, 6) is -1.62. The monoisotopic (exact) mass is 804 g/mol. The summed E-state index contributed by atoms with van der Waals surface area (Å²) in [6, 6.07) is 13.5. The Kier molecular flexibility index (Phi) is 16.3. The number of benzene rings is 2. The number of rotatable bonds is 19. The van der Waals surface area contributed by atoms with Gasteiger partial charge in [-0.05, 0) is 74.1 Å². The number of aryl methyl sites for hydroxylation is 2. The average molecular weight is 805 g/mol. The van der Waals surface area contributed by atoms with Gasteiger partial charge in [-0.3, -0.25) is 24.0 Å². The summed E-state index contributed by atoms with van der Waals surface area (Å²) in [6.07, 6.45) is 1.87. The Balaban J connectivity index is 1.25. The van der Waals surface area contributed by atoms with Crippen molar-refractivity contribution in [2.45, 2.75) is 136 Å². The van der Waals surface area contributed by atoms with Crippen molar-refractivity contribution < 1.29 is 33.8 Å². The second-order valence-corrected chi connectivity index (χ2v) is 17.1. The highest BCUT2D eigenvalue weighted by Crippen LogP contribution is 2.30. The number of primary amides is 1. The lowest BCUT2D eigenvalue weighted by Crippen LogP contribution is -2.57. The predicted molar refractivity (Wildman–Crippen MR) is 221 cm³/mol. The van der Waals surface area contributed by atoms with Crippen LogP contribution in [0.25, 0.3) is 10.4 Å². The number of nitrogens with two attached hydrogens (primary N) is 1. The zero-order valence-electron chi connectivity index (χ0n) is 34.3. The number of carbonyl (C=O) groups excluding carboxylic acids is 5. The minimum Gasteiger partial charge on any atom is -0.391 e. The van der Waals surface area contributed by atoms with Crippen LogP contribution in [0.4, 0.5) is 0 Å². The van der Waals surface area contributed by atoms with Gasteiger partial charge in [-0.1, -0.05) is 69.3 Å². The Morgan fingerprint density at radius 1 is 0.965 bits per heavy atom. The molecular formula is C43H60N6O7S. The van der Waals surface area contributed by atoms with Crippen molar-refractivity contribution in [3.63, 3.8) is 0 Å². The van der Waals surface area contributed by atoms with Crippen LogP contribution in [0.5, 0.6) is 0 Å². The third-order valence-electron chi connectivity index (χ3n) is 10.4. The van der Waals surface area contributed by atoms with E-state index in [1.807, 2.05) is 95.6 Å². The van der Waals surface area contributed by atoms with E-state index in [0.717, 1.165) is 45.7 Å². The molecule has 4 rings (SSSR count). The highest BCUT2D eigenvalue weighted by Gasteiger charge is 2.44. The Bertz CT molecular complexity index is 1820. The molecule has 3 aromatic rings. The Labute approximate surface area is 340 Å². The summed E-state index contributed by atoms with van der Waals surface area (Å²) < 4.78 is 5.99. The number of hydrogen-bond donors (Lipinski definition) is 5. The van der Waals surface area contributed by atoms with Crippen LogP contribution in [0.2, 0.25) is 0 Å². The number of β-amino-alcohol motifs (C(OH)–C–C–N with tert-alkyl or cyclic N) is 1. The molecule has 6 atom stereocenters. The predicted octanol–water partition coefficient (Wildman–Crippen LogP) is 4.88. The first kappa shape index (κ1) is 45.0. The second kappa shape index (κ2) is 20.7. The van der Waals surface area contributed by atoms with Crippen LogP contribution in [-0.4, -0.2) is 81.4 Å². The van der Waals surface area contributed by atoms with Crippen molar-refractivity contribution in [2.75, 3.05) is 6.54 Å². The van der Waals surface area contributed by atoms with Gasteiger partial charge in [-0.25, -0.2) is 4.98 Å². The number of ether oxygens (including phenoxy) is 1. The molecule has 2 heterocycles. The van der Waals surface area contributed by atoms with E-state index in [1.165, 1.54) is 11.8 Å². The molecule has 1 aliphatic rings. The first-order chi connectivity index (χ1) is 26.9. The van der Waals surface area contributed by atoms with Crippen LogP contribution in [0.3, 0.4) is 0 Å². The average Bonchev–Trinajstić information content (AvgIpc) is 3.77. The third-order valence-corrected chi connectivity index (χ3v) is 11.4. The largest absolute Gasteiger partial charge is 0.391 e. The first-order valence-corrected chi connectivity index (χ1v) is 20.6. The molecular weight excluding hydrogens is 745 g/mol. The summed E-state index contributed by atoms with van der Waals surface area (Å²) in [5.41, 5.74) is 11.5. The fourth-order valence-electron chi connectivity index (χ4n) is 6.99. The highest BCUT2D eigenvalue weighted by molar-refractivity contribution is 7.13. The molecule has 2 aromatic carbocycles. The molecule has 57 heavy (non-hydrogen) atoms. The molecule has 0 bridgehead atoms. The minimum atomic E-state index is -0.889. The lowest BCUT2D eigenvalue weighted by atomic mass is 9.85. The maximum atomic E-state index is 14.1. The van der Waals surface area contributed by atoms with E-state index in [2.05, 4.69) is 20.9 Å². The number of amides is 5. The Morgan fingerprint density at radius 3 is 2.23 bits per heavy atom. The van der Waals surface area contributed by atoms with Crippen LogP contribution in [0.1, 0.15) is 108 Å². The molecule has 5 amide bonds. The molecule has 0 spiro atoms. The van der Waals surface area contributed by atoms with Crippen molar-refractivity contribution in [1.82, 2.24) is 25.8 Å². The summed E-state index contributed by atoms with van der Waals surface area (Å²) in [4.78, 5) is 70.6. The van der Waals surface area contributed by atoms with E-state index >= 15 is 0 Å². The molecule has 1 fully saturated rings. The number of aliphatic hydroxyl groups excluding tert-OH is 1. The van der Waals surface area contributed by atoms with Gasteiger partial charge in [0.05, 0.1) is 47.0 Å². The van der Waals surface area contributed by atoms with Gasteiger partial charge in [-0.2, -0.15) is 0 Å². The molecule has 1 saturated heterocycles. The van der Waals surface area contributed by atoms with E-state index in [1.54, 1.807) is 11.3 Å². The summed E-state index contributed by atoms with van der Waals surface area (Å²) >= 11 is 1.58. The van der Waals surface area contributed by atoms with Crippen LogP contribution in [0, 0.1) is 12.3 Å². The summed E-state index contributed by atoms with van der Waals surface area (Å²) in [5, 5.41) is 19.4. The molecule has 1 aromatic heterocycles. The molecule has 13 nitrogen and oxygen atoms in total. The number of aliphatic hydroxyl groups is 1. The molecule has 6 N–H and O–H groups in total. The number of likely N-dealkylation sites (tertiary alicyclic amines) is 1. The maximum Gasteiger partial charge on any atom is 0.246 e. The lowest BCUT2D eigenvalue weighted by molar-refractivity contribution is -0.144. The molecule has 1 aliphatic heterocycles. The molecule has 14 heteroatoms. The molecule has 0 radical (unpaired) electrons. The van der Waals surface area contributed by atoms with Crippen molar-refractivity contribution in [2.24, 2.45) is 11.1 Å². The fraction of sp³-hybridized carbons (Fsp3) is 0.535.